The fourth-order valence-corrected chi connectivity index (χ4v) is 6.49. The predicted molar refractivity (Wildman–Crippen MR) is 163 cm³/mol. The molecule has 3 aliphatic carbocycles. The molecule has 0 saturated heterocycles. The fourth-order valence-electron chi connectivity index (χ4n) is 6.49. The molecule has 6 rings (SSSR count). The first-order valence-corrected chi connectivity index (χ1v) is 14.3. The molecule has 3 aliphatic rings. The minimum Gasteiger partial charge on any atom is -0.0836 e. The third kappa shape index (κ3) is 4.35. The molecule has 0 heterocycles. The summed E-state index contributed by atoms with van der Waals surface area (Å²) in [6, 6.07) is 28.0. The summed E-state index contributed by atoms with van der Waals surface area (Å²) < 4.78 is 0. The SMILES string of the molecule is CC(C)(C)c1ccc(C2=C3C=C4C=CCCC4=CC3C(c3ccc(C(C)(C)C)cc3)c3ccccc32)cc1. The Morgan fingerprint density at radius 2 is 1.34 bits per heavy atom. The van der Waals surface area contributed by atoms with Crippen molar-refractivity contribution in [3.8, 4) is 0 Å². The van der Waals surface area contributed by atoms with E-state index in [1.807, 2.05) is 0 Å². The maximum atomic E-state index is 2.61. The smallest absolute Gasteiger partial charge is 0.0199 e. The second-order valence-corrected chi connectivity index (χ2v) is 13.4. The zero-order chi connectivity index (χ0) is 26.7. The Morgan fingerprint density at radius 3 is 2.00 bits per heavy atom. The zero-order valence-corrected chi connectivity index (χ0v) is 23.8. The van der Waals surface area contributed by atoms with Crippen LogP contribution in [0.5, 0.6) is 0 Å². The van der Waals surface area contributed by atoms with Crippen LogP contribution in [-0.4, -0.2) is 0 Å². The minimum atomic E-state index is 0.144. The van der Waals surface area contributed by atoms with Crippen molar-refractivity contribution in [2.75, 3.05) is 0 Å². The summed E-state index contributed by atoms with van der Waals surface area (Å²) in [5, 5.41) is 0. The zero-order valence-electron chi connectivity index (χ0n) is 23.8. The maximum Gasteiger partial charge on any atom is 0.0199 e. The van der Waals surface area contributed by atoms with Crippen molar-refractivity contribution in [2.45, 2.75) is 71.1 Å². The van der Waals surface area contributed by atoms with E-state index in [-0.39, 0.29) is 10.8 Å². The molecule has 0 aromatic heterocycles. The van der Waals surface area contributed by atoms with Gasteiger partial charge in [-0.25, -0.2) is 0 Å². The van der Waals surface area contributed by atoms with Crippen LogP contribution in [0.3, 0.4) is 0 Å². The first-order valence-electron chi connectivity index (χ1n) is 14.3. The lowest BCUT2D eigenvalue weighted by molar-refractivity contribution is 0.588. The van der Waals surface area contributed by atoms with Crippen molar-refractivity contribution in [3.05, 3.63) is 147 Å². The van der Waals surface area contributed by atoms with E-state index in [1.165, 1.54) is 55.7 Å². The molecule has 0 N–H and O–H groups in total. The van der Waals surface area contributed by atoms with E-state index in [0.29, 0.717) is 11.8 Å². The average molecular weight is 497 g/mol. The van der Waals surface area contributed by atoms with Crippen LogP contribution >= 0.6 is 0 Å². The Morgan fingerprint density at radius 1 is 0.711 bits per heavy atom. The molecule has 0 fully saturated rings. The van der Waals surface area contributed by atoms with Crippen molar-refractivity contribution >= 4 is 5.57 Å². The van der Waals surface area contributed by atoms with Gasteiger partial charge in [0.05, 0.1) is 0 Å². The highest BCUT2D eigenvalue weighted by molar-refractivity contribution is 5.89. The van der Waals surface area contributed by atoms with Gasteiger partial charge in [-0.05, 0) is 79.3 Å². The van der Waals surface area contributed by atoms with E-state index in [1.54, 1.807) is 0 Å². The van der Waals surface area contributed by atoms with Gasteiger partial charge in [-0.2, -0.15) is 0 Å². The molecule has 2 unspecified atom stereocenters. The molecule has 0 amide bonds. The number of rotatable bonds is 2. The van der Waals surface area contributed by atoms with Crippen LogP contribution in [-0.2, 0) is 10.8 Å². The molecule has 2 atom stereocenters. The van der Waals surface area contributed by atoms with Gasteiger partial charge in [0.25, 0.3) is 0 Å². The molecule has 0 bridgehead atoms. The highest BCUT2D eigenvalue weighted by atomic mass is 14.4. The summed E-state index contributed by atoms with van der Waals surface area (Å²) in [4.78, 5) is 0. The highest BCUT2D eigenvalue weighted by Gasteiger charge is 2.37. The Kier molecular flexibility index (Phi) is 5.98. The van der Waals surface area contributed by atoms with Crippen LogP contribution in [0.25, 0.3) is 5.57 Å². The lowest BCUT2D eigenvalue weighted by Gasteiger charge is -2.39. The molecule has 3 aromatic rings. The molecule has 0 heteroatoms. The maximum absolute atomic E-state index is 2.61. The van der Waals surface area contributed by atoms with Crippen LogP contribution in [0, 0.1) is 5.92 Å². The number of benzene rings is 3. The van der Waals surface area contributed by atoms with Gasteiger partial charge in [0.1, 0.15) is 0 Å². The van der Waals surface area contributed by atoms with E-state index in [0.717, 1.165) is 12.8 Å². The first-order chi connectivity index (χ1) is 18.1. The van der Waals surface area contributed by atoms with E-state index in [4.69, 9.17) is 0 Å². The Bertz CT molecular complexity index is 1490. The summed E-state index contributed by atoms with van der Waals surface area (Å²) in [7, 11) is 0. The topological polar surface area (TPSA) is 0 Å². The lowest BCUT2D eigenvalue weighted by atomic mass is 9.64. The molecule has 0 radical (unpaired) electrons. The predicted octanol–water partition coefficient (Wildman–Crippen LogP) is 10.1. The second-order valence-electron chi connectivity index (χ2n) is 13.4. The summed E-state index contributed by atoms with van der Waals surface area (Å²) in [6.07, 6.45) is 12.1. The largest absolute Gasteiger partial charge is 0.0836 e. The van der Waals surface area contributed by atoms with Gasteiger partial charge in [0.2, 0.25) is 0 Å². The molecule has 0 nitrogen and oxygen atoms in total. The van der Waals surface area contributed by atoms with Crippen molar-refractivity contribution in [2.24, 2.45) is 5.92 Å². The second kappa shape index (κ2) is 9.12. The normalized spacial score (nSPS) is 20.8. The summed E-state index contributed by atoms with van der Waals surface area (Å²) in [5.74, 6) is 0.636. The number of hydrogen-bond donors (Lipinski definition) is 0. The van der Waals surface area contributed by atoms with E-state index in [9.17, 15) is 0 Å². The summed E-state index contributed by atoms with van der Waals surface area (Å²) in [6.45, 7) is 13.8. The molecule has 0 spiro atoms. The third-order valence-corrected chi connectivity index (χ3v) is 8.69. The van der Waals surface area contributed by atoms with Gasteiger partial charge in [-0.15, -0.1) is 0 Å². The van der Waals surface area contributed by atoms with Gasteiger partial charge in [-0.3, -0.25) is 0 Å². The van der Waals surface area contributed by atoms with Crippen molar-refractivity contribution in [1.29, 1.82) is 0 Å². The monoisotopic (exact) mass is 496 g/mol. The third-order valence-electron chi connectivity index (χ3n) is 8.69. The van der Waals surface area contributed by atoms with Crippen molar-refractivity contribution in [3.63, 3.8) is 0 Å². The quantitative estimate of drug-likeness (QED) is 0.331. The van der Waals surface area contributed by atoms with Crippen LogP contribution in [0.2, 0.25) is 0 Å². The van der Waals surface area contributed by atoms with Gasteiger partial charge in [0.15, 0.2) is 0 Å². The van der Waals surface area contributed by atoms with Crippen LogP contribution in [0.4, 0.5) is 0 Å². The van der Waals surface area contributed by atoms with E-state index >= 15 is 0 Å². The first kappa shape index (κ1) is 24.9. The molecule has 3 aromatic carbocycles. The standard InChI is InChI=1S/C38H40/c1-37(2,3)29-19-15-25(16-20-29)35-31-13-9-10-14-32(31)36(26-17-21-30(22-18-26)38(4,5)6)34-24-28-12-8-7-11-27(28)23-33(34)35/h7,9-11,13-24,34,36H,8,12H2,1-6H3. The molecule has 0 saturated carbocycles. The van der Waals surface area contributed by atoms with Crippen LogP contribution in [0.15, 0.2) is 114 Å². The van der Waals surface area contributed by atoms with Gasteiger partial charge in [0, 0.05) is 11.8 Å². The Labute approximate surface area is 229 Å². The van der Waals surface area contributed by atoms with Crippen molar-refractivity contribution < 1.29 is 0 Å². The summed E-state index contributed by atoms with van der Waals surface area (Å²) >= 11 is 0. The molecular weight excluding hydrogens is 456 g/mol. The molecule has 38 heavy (non-hydrogen) atoms. The van der Waals surface area contributed by atoms with E-state index in [2.05, 4.69) is 139 Å². The Hall–Kier alpha value is -3.38. The number of hydrogen-bond acceptors (Lipinski definition) is 0. The van der Waals surface area contributed by atoms with Crippen molar-refractivity contribution in [1.82, 2.24) is 0 Å². The number of fused-ring (bicyclic) bond motifs is 3. The molecule has 0 aliphatic heterocycles. The highest BCUT2D eigenvalue weighted by Crippen LogP contribution is 2.52. The van der Waals surface area contributed by atoms with Crippen LogP contribution in [0.1, 0.15) is 93.7 Å². The average Bonchev–Trinajstić information content (AvgIpc) is 2.90. The fraction of sp³-hybridized carbons (Fsp3) is 0.316. The van der Waals surface area contributed by atoms with Gasteiger partial charge in [-0.1, -0.05) is 139 Å². The minimum absolute atomic E-state index is 0.144. The summed E-state index contributed by atoms with van der Waals surface area (Å²) in [5.41, 5.74) is 14.4. The van der Waals surface area contributed by atoms with Crippen LogP contribution < -0.4 is 0 Å². The van der Waals surface area contributed by atoms with Gasteiger partial charge < -0.3 is 0 Å². The van der Waals surface area contributed by atoms with E-state index < -0.39 is 0 Å². The van der Waals surface area contributed by atoms with Gasteiger partial charge >= 0.3 is 0 Å². The lowest BCUT2D eigenvalue weighted by Crippen LogP contribution is -2.25. The molecule has 192 valence electrons. The Balaban J connectivity index is 1.57. The number of allylic oxidation sites excluding steroid dienone is 7. The molecular formula is C38H40.